The minimum absolute atomic E-state index is 0.536. The van der Waals surface area contributed by atoms with E-state index in [-0.39, 0.29) is 0 Å². The highest BCUT2D eigenvalue weighted by molar-refractivity contribution is 6.17. The second-order valence-electron chi connectivity index (χ2n) is 4.87. The van der Waals surface area contributed by atoms with Gasteiger partial charge in [0, 0.05) is 25.7 Å². The van der Waals surface area contributed by atoms with Crippen LogP contribution in [0.2, 0.25) is 0 Å². The number of halogens is 1. The maximum absolute atomic E-state index is 6.08. The van der Waals surface area contributed by atoms with Crippen molar-refractivity contribution in [2.45, 2.75) is 46.4 Å². The van der Waals surface area contributed by atoms with E-state index in [0.717, 1.165) is 24.7 Å². The summed E-state index contributed by atoms with van der Waals surface area (Å²) >= 11 is 6.08. The molecule has 0 aliphatic rings. The molecule has 104 valence electrons. The number of aromatic nitrogens is 2. The zero-order chi connectivity index (χ0) is 13.7. The topological polar surface area (TPSA) is 21.1 Å². The summed E-state index contributed by atoms with van der Waals surface area (Å²) in [6.45, 7) is 10.8. The molecule has 0 fully saturated rings. The molecule has 0 amide bonds. The van der Waals surface area contributed by atoms with Gasteiger partial charge in [-0.15, -0.1) is 11.6 Å². The van der Waals surface area contributed by atoms with Gasteiger partial charge in [0.2, 0.25) is 0 Å². The molecule has 0 saturated heterocycles. The molecule has 0 radical (unpaired) electrons. The molecule has 1 aromatic heterocycles. The molecule has 0 aromatic carbocycles. The highest BCUT2D eigenvalue weighted by atomic mass is 35.5. The second kappa shape index (κ2) is 7.03. The maximum Gasteiger partial charge on any atom is 0.131 e. The van der Waals surface area contributed by atoms with Crippen molar-refractivity contribution < 1.29 is 0 Å². The smallest absolute Gasteiger partial charge is 0.131 e. The Labute approximate surface area is 116 Å². The number of anilines is 1. The molecule has 18 heavy (non-hydrogen) atoms. The Morgan fingerprint density at radius 2 is 1.89 bits per heavy atom. The van der Waals surface area contributed by atoms with Gasteiger partial charge in [-0.1, -0.05) is 26.7 Å². The quantitative estimate of drug-likeness (QED) is 0.705. The fraction of sp³-hybridized carbons (Fsp3) is 0.786. The maximum atomic E-state index is 6.08. The molecule has 0 aliphatic heterocycles. The molecule has 1 rings (SSSR count). The van der Waals surface area contributed by atoms with Crippen LogP contribution in [0.5, 0.6) is 0 Å². The number of rotatable bonds is 7. The molecule has 0 saturated carbocycles. The largest absolute Gasteiger partial charge is 0.357 e. The van der Waals surface area contributed by atoms with Gasteiger partial charge in [0.15, 0.2) is 0 Å². The molecule has 0 bridgehead atoms. The Hall–Kier alpha value is -0.700. The first-order chi connectivity index (χ1) is 8.58. The second-order valence-corrected chi connectivity index (χ2v) is 5.13. The molecule has 4 heteroatoms. The van der Waals surface area contributed by atoms with E-state index in [1.807, 2.05) is 18.7 Å². The van der Waals surface area contributed by atoms with Gasteiger partial charge in [0.25, 0.3) is 0 Å². The Morgan fingerprint density at radius 3 is 2.33 bits per heavy atom. The summed E-state index contributed by atoms with van der Waals surface area (Å²) in [7, 11) is 2.01. The Balaban J connectivity index is 3.01. The molecular weight excluding hydrogens is 246 g/mol. The average Bonchev–Trinajstić information content (AvgIpc) is 2.65. The molecule has 0 spiro atoms. The van der Waals surface area contributed by atoms with E-state index < -0.39 is 0 Å². The summed E-state index contributed by atoms with van der Waals surface area (Å²) in [6, 6.07) is 0. The van der Waals surface area contributed by atoms with Crippen molar-refractivity contribution in [2.24, 2.45) is 13.0 Å². The van der Waals surface area contributed by atoms with Crippen LogP contribution >= 0.6 is 11.6 Å². The Kier molecular flexibility index (Phi) is 6.00. The standard InChI is InChI=1S/C14H26ClN3/c1-6-12(7-2)10-18(8-3)14-13(9-15)11(4)16-17(14)5/h12H,6-10H2,1-5H3. The lowest BCUT2D eigenvalue weighted by atomic mass is 10.0. The van der Waals surface area contributed by atoms with Crippen LogP contribution in [0.25, 0.3) is 0 Å². The summed E-state index contributed by atoms with van der Waals surface area (Å²) < 4.78 is 1.97. The third-order valence-electron chi connectivity index (χ3n) is 3.76. The first-order valence-corrected chi connectivity index (χ1v) is 7.45. The highest BCUT2D eigenvalue weighted by Gasteiger charge is 2.19. The Bertz CT molecular complexity index is 369. The average molecular weight is 272 g/mol. The Morgan fingerprint density at radius 1 is 1.28 bits per heavy atom. The van der Waals surface area contributed by atoms with Crippen molar-refractivity contribution in [1.82, 2.24) is 9.78 Å². The molecule has 1 aromatic rings. The van der Waals surface area contributed by atoms with E-state index in [1.165, 1.54) is 24.2 Å². The summed E-state index contributed by atoms with van der Waals surface area (Å²) in [5.41, 5.74) is 2.22. The highest BCUT2D eigenvalue weighted by Crippen LogP contribution is 2.26. The summed E-state index contributed by atoms with van der Waals surface area (Å²) in [5.74, 6) is 2.47. The van der Waals surface area contributed by atoms with Crippen LogP contribution in [0.1, 0.15) is 44.9 Å². The van der Waals surface area contributed by atoms with Gasteiger partial charge in [0.1, 0.15) is 5.82 Å². The third kappa shape index (κ3) is 3.19. The molecule has 1 heterocycles. The van der Waals surface area contributed by atoms with Gasteiger partial charge in [-0.05, 0) is 19.8 Å². The zero-order valence-corrected chi connectivity index (χ0v) is 13.1. The summed E-state index contributed by atoms with van der Waals surface area (Å²) in [5, 5.41) is 4.50. The lowest BCUT2D eigenvalue weighted by Crippen LogP contribution is -2.31. The zero-order valence-electron chi connectivity index (χ0n) is 12.3. The number of alkyl halides is 1. The van der Waals surface area contributed by atoms with E-state index >= 15 is 0 Å². The van der Waals surface area contributed by atoms with Gasteiger partial charge >= 0.3 is 0 Å². The minimum Gasteiger partial charge on any atom is -0.357 e. The monoisotopic (exact) mass is 271 g/mol. The van der Waals surface area contributed by atoms with Crippen LogP contribution in [-0.4, -0.2) is 22.9 Å². The van der Waals surface area contributed by atoms with Crippen molar-refractivity contribution >= 4 is 17.4 Å². The molecule has 0 aliphatic carbocycles. The molecule has 0 unspecified atom stereocenters. The molecule has 0 N–H and O–H groups in total. The van der Waals surface area contributed by atoms with E-state index in [9.17, 15) is 0 Å². The fourth-order valence-corrected chi connectivity index (χ4v) is 2.78. The first kappa shape index (κ1) is 15.4. The normalized spacial score (nSPS) is 11.3. The van der Waals surface area contributed by atoms with Crippen molar-refractivity contribution in [3.63, 3.8) is 0 Å². The van der Waals surface area contributed by atoms with Gasteiger partial charge in [0.05, 0.1) is 11.6 Å². The van der Waals surface area contributed by atoms with E-state index in [1.54, 1.807) is 0 Å². The van der Waals surface area contributed by atoms with Crippen molar-refractivity contribution in [1.29, 1.82) is 0 Å². The molecule has 3 nitrogen and oxygen atoms in total. The summed E-state index contributed by atoms with van der Waals surface area (Å²) in [4.78, 5) is 2.41. The van der Waals surface area contributed by atoms with Crippen LogP contribution < -0.4 is 4.90 Å². The predicted molar refractivity (Wildman–Crippen MR) is 79.5 cm³/mol. The van der Waals surface area contributed by atoms with Crippen molar-refractivity contribution in [3.8, 4) is 0 Å². The van der Waals surface area contributed by atoms with Crippen molar-refractivity contribution in [2.75, 3.05) is 18.0 Å². The number of nitrogens with zero attached hydrogens (tertiary/aromatic N) is 3. The predicted octanol–water partition coefficient (Wildman–Crippen LogP) is 3.73. The number of hydrogen-bond donors (Lipinski definition) is 0. The van der Waals surface area contributed by atoms with Crippen LogP contribution in [0.15, 0.2) is 0 Å². The lowest BCUT2D eigenvalue weighted by molar-refractivity contribution is 0.480. The third-order valence-corrected chi connectivity index (χ3v) is 4.03. The molecular formula is C14H26ClN3. The van der Waals surface area contributed by atoms with E-state index in [2.05, 4.69) is 30.8 Å². The van der Waals surface area contributed by atoms with Gasteiger partial charge in [-0.3, -0.25) is 4.68 Å². The van der Waals surface area contributed by atoms with E-state index in [0.29, 0.717) is 5.88 Å². The minimum atomic E-state index is 0.536. The number of aryl methyl sites for hydroxylation is 2. The SMILES string of the molecule is CCC(CC)CN(CC)c1c(CCl)c(C)nn1C. The van der Waals surface area contributed by atoms with Gasteiger partial charge < -0.3 is 4.90 Å². The van der Waals surface area contributed by atoms with Crippen LogP contribution in [-0.2, 0) is 12.9 Å². The van der Waals surface area contributed by atoms with Crippen LogP contribution in [0.4, 0.5) is 5.82 Å². The van der Waals surface area contributed by atoms with Gasteiger partial charge in [-0.2, -0.15) is 5.10 Å². The van der Waals surface area contributed by atoms with Crippen LogP contribution in [0, 0.1) is 12.8 Å². The molecule has 0 atom stereocenters. The summed E-state index contributed by atoms with van der Waals surface area (Å²) in [6.07, 6.45) is 2.44. The number of hydrogen-bond acceptors (Lipinski definition) is 2. The van der Waals surface area contributed by atoms with Crippen molar-refractivity contribution in [3.05, 3.63) is 11.3 Å². The van der Waals surface area contributed by atoms with E-state index in [4.69, 9.17) is 11.6 Å². The van der Waals surface area contributed by atoms with Crippen LogP contribution in [0.3, 0.4) is 0 Å². The van der Waals surface area contributed by atoms with Gasteiger partial charge in [-0.25, -0.2) is 0 Å². The fourth-order valence-electron chi connectivity index (χ4n) is 2.47. The lowest BCUT2D eigenvalue weighted by Gasteiger charge is -2.28. The first-order valence-electron chi connectivity index (χ1n) is 6.92.